The van der Waals surface area contributed by atoms with Crippen molar-refractivity contribution in [2.45, 2.75) is 90.3 Å². The smallest absolute Gasteiger partial charge is 0.407 e. The van der Waals surface area contributed by atoms with Crippen molar-refractivity contribution in [1.82, 2.24) is 30.8 Å². The molecule has 4 aromatic rings. The number of carbonyl (C=O) groups excluding carboxylic acids is 3. The summed E-state index contributed by atoms with van der Waals surface area (Å²) >= 11 is 2.90. The molecule has 274 valence electrons. The molecule has 4 N–H and O–H groups in total. The topological polar surface area (TPSA) is 146 Å². The summed E-state index contributed by atoms with van der Waals surface area (Å²) in [6.07, 6.45) is 0.340. The SMILES string of the molecule is CC(C)c1nc(CN(C)C(=O)N[C@H](C(=O)N[C@@H](Cc2ccccc2)C[C@H](O)[C@H](Cc2ccc(F)cc2)NC(=O)OCc2cncs2)C(C)C)cs1. The second kappa shape index (κ2) is 19.3. The van der Waals surface area contributed by atoms with Crippen molar-refractivity contribution in [2.75, 3.05) is 7.05 Å². The Morgan fingerprint density at radius 2 is 1.65 bits per heavy atom. The van der Waals surface area contributed by atoms with Crippen LogP contribution in [0.15, 0.2) is 71.7 Å². The molecule has 2 aromatic carbocycles. The van der Waals surface area contributed by atoms with Crippen LogP contribution in [0.4, 0.5) is 14.0 Å². The van der Waals surface area contributed by atoms with E-state index < -0.39 is 48.1 Å². The number of carbonyl (C=O) groups is 3. The second-order valence-corrected chi connectivity index (χ2v) is 15.0. The number of rotatable bonds is 17. The van der Waals surface area contributed by atoms with E-state index in [1.165, 1.54) is 28.4 Å². The number of hydrogen-bond donors (Lipinski definition) is 4. The Balaban J connectivity index is 1.48. The number of ether oxygens (including phenoxy) is 1. The minimum Gasteiger partial charge on any atom is -0.444 e. The second-order valence-electron chi connectivity index (χ2n) is 13.2. The van der Waals surface area contributed by atoms with E-state index in [1.54, 1.807) is 42.2 Å². The van der Waals surface area contributed by atoms with Gasteiger partial charge in [0.2, 0.25) is 5.91 Å². The van der Waals surface area contributed by atoms with Crippen LogP contribution in [0, 0.1) is 11.7 Å². The summed E-state index contributed by atoms with van der Waals surface area (Å²) in [5, 5.41) is 23.3. The fourth-order valence-electron chi connectivity index (χ4n) is 5.39. The minimum absolute atomic E-state index is 0.0167. The van der Waals surface area contributed by atoms with E-state index in [9.17, 15) is 23.9 Å². The summed E-state index contributed by atoms with van der Waals surface area (Å²) in [6.45, 7) is 8.14. The lowest BCUT2D eigenvalue weighted by molar-refractivity contribution is -0.124. The van der Waals surface area contributed by atoms with Crippen molar-refractivity contribution < 1.29 is 28.6 Å². The summed E-state index contributed by atoms with van der Waals surface area (Å²) in [4.78, 5) is 50.9. The molecular formula is C37H47FN6O5S2. The molecule has 0 bridgehead atoms. The van der Waals surface area contributed by atoms with Gasteiger partial charge in [0.15, 0.2) is 0 Å². The van der Waals surface area contributed by atoms with Crippen LogP contribution in [0.3, 0.4) is 0 Å². The Labute approximate surface area is 306 Å². The average molecular weight is 739 g/mol. The summed E-state index contributed by atoms with van der Waals surface area (Å²) in [7, 11) is 1.66. The van der Waals surface area contributed by atoms with Gasteiger partial charge < -0.3 is 30.7 Å². The van der Waals surface area contributed by atoms with Crippen molar-refractivity contribution in [3.8, 4) is 0 Å². The van der Waals surface area contributed by atoms with Gasteiger partial charge in [-0.25, -0.2) is 19.0 Å². The molecule has 0 aliphatic heterocycles. The van der Waals surface area contributed by atoms with Crippen LogP contribution in [0.5, 0.6) is 0 Å². The third-order valence-electron chi connectivity index (χ3n) is 8.20. The first-order valence-electron chi connectivity index (χ1n) is 16.9. The van der Waals surface area contributed by atoms with Crippen molar-refractivity contribution >= 4 is 40.7 Å². The maximum absolute atomic E-state index is 13.9. The highest BCUT2D eigenvalue weighted by atomic mass is 32.1. The number of benzene rings is 2. The van der Waals surface area contributed by atoms with Gasteiger partial charge in [-0.3, -0.25) is 9.78 Å². The number of hydrogen-bond acceptors (Lipinski definition) is 9. The van der Waals surface area contributed by atoms with Gasteiger partial charge >= 0.3 is 12.1 Å². The Bertz CT molecular complexity index is 1670. The van der Waals surface area contributed by atoms with Crippen molar-refractivity contribution in [3.05, 3.63) is 104 Å². The van der Waals surface area contributed by atoms with Crippen LogP contribution in [-0.4, -0.2) is 69.3 Å². The number of amides is 4. The number of halogens is 1. The van der Waals surface area contributed by atoms with Gasteiger partial charge in [-0.15, -0.1) is 22.7 Å². The molecule has 0 saturated carbocycles. The van der Waals surface area contributed by atoms with Gasteiger partial charge in [-0.05, 0) is 48.4 Å². The normalized spacial score (nSPS) is 13.7. The van der Waals surface area contributed by atoms with E-state index in [0.717, 1.165) is 21.1 Å². The summed E-state index contributed by atoms with van der Waals surface area (Å²) in [6, 6.07) is 12.6. The highest BCUT2D eigenvalue weighted by molar-refractivity contribution is 7.09. The first kappa shape index (κ1) is 39.4. The number of thiazole rings is 2. The first-order valence-corrected chi connectivity index (χ1v) is 18.7. The molecular weight excluding hydrogens is 692 g/mol. The lowest BCUT2D eigenvalue weighted by Crippen LogP contribution is -2.55. The molecule has 2 heterocycles. The lowest BCUT2D eigenvalue weighted by Gasteiger charge is -2.30. The molecule has 0 aliphatic carbocycles. The average Bonchev–Trinajstić information content (AvgIpc) is 3.80. The zero-order chi connectivity index (χ0) is 36.9. The molecule has 2 aromatic heterocycles. The van der Waals surface area contributed by atoms with Gasteiger partial charge in [0, 0.05) is 30.6 Å². The molecule has 0 unspecified atom stereocenters. The number of nitrogens with zero attached hydrogens (tertiary/aromatic N) is 3. The summed E-state index contributed by atoms with van der Waals surface area (Å²) in [5.74, 6) is -0.767. The number of aliphatic hydroxyl groups excluding tert-OH is 1. The molecule has 51 heavy (non-hydrogen) atoms. The molecule has 4 rings (SSSR count). The van der Waals surface area contributed by atoms with Gasteiger partial charge in [0.1, 0.15) is 18.5 Å². The lowest BCUT2D eigenvalue weighted by atomic mass is 9.93. The Morgan fingerprint density at radius 3 is 2.27 bits per heavy atom. The minimum atomic E-state index is -1.15. The third-order valence-corrected chi connectivity index (χ3v) is 10.1. The van der Waals surface area contributed by atoms with Crippen LogP contribution in [0.1, 0.15) is 66.7 Å². The molecule has 0 spiro atoms. The third kappa shape index (κ3) is 12.7. The van der Waals surface area contributed by atoms with Gasteiger partial charge in [0.05, 0.1) is 39.8 Å². The highest BCUT2D eigenvalue weighted by Gasteiger charge is 2.31. The molecule has 0 aliphatic rings. The van der Waals surface area contributed by atoms with E-state index in [0.29, 0.717) is 18.5 Å². The fourth-order valence-corrected chi connectivity index (χ4v) is 6.72. The zero-order valence-corrected chi connectivity index (χ0v) is 31.2. The van der Waals surface area contributed by atoms with Crippen molar-refractivity contribution in [1.29, 1.82) is 0 Å². The van der Waals surface area contributed by atoms with E-state index in [-0.39, 0.29) is 31.3 Å². The van der Waals surface area contributed by atoms with Crippen LogP contribution in [0.25, 0.3) is 0 Å². The predicted octanol–water partition coefficient (Wildman–Crippen LogP) is 6.04. The quantitative estimate of drug-likeness (QED) is 0.103. The maximum Gasteiger partial charge on any atom is 0.407 e. The monoisotopic (exact) mass is 738 g/mol. The van der Waals surface area contributed by atoms with E-state index in [2.05, 4.69) is 39.8 Å². The number of alkyl carbamates (subject to hydrolysis) is 1. The van der Waals surface area contributed by atoms with E-state index in [4.69, 9.17) is 4.74 Å². The standard InChI is InChI=1S/C37H47FN6O5S2/c1-23(2)33(43-36(47)44(5)19-29-21-50-35(41-29)24(3)4)34(46)40-28(15-25-9-7-6-8-10-25)17-32(45)31(16-26-11-13-27(38)14-12-26)42-37(48)49-20-30-18-39-22-51-30/h6-14,18,21-24,28,31-33,45H,15-17,19-20H2,1-5H3,(H,40,46)(H,42,48)(H,43,47)/t28-,31-,32-,33-/m0/s1. The largest absolute Gasteiger partial charge is 0.444 e. The Morgan fingerprint density at radius 1 is 0.941 bits per heavy atom. The molecule has 0 fully saturated rings. The molecule has 0 radical (unpaired) electrons. The molecule has 14 heteroatoms. The van der Waals surface area contributed by atoms with Crippen molar-refractivity contribution in [2.24, 2.45) is 5.92 Å². The number of urea groups is 1. The van der Waals surface area contributed by atoms with Crippen LogP contribution >= 0.6 is 22.7 Å². The van der Waals surface area contributed by atoms with Crippen molar-refractivity contribution in [3.63, 3.8) is 0 Å². The first-order chi connectivity index (χ1) is 24.4. The van der Waals surface area contributed by atoms with Crippen LogP contribution in [0.2, 0.25) is 0 Å². The van der Waals surface area contributed by atoms with Crippen LogP contribution in [-0.2, 0) is 35.5 Å². The van der Waals surface area contributed by atoms with Gasteiger partial charge in [0.25, 0.3) is 0 Å². The fraction of sp³-hybridized carbons (Fsp3) is 0.432. The zero-order valence-electron chi connectivity index (χ0n) is 29.5. The molecule has 0 saturated heterocycles. The Hall–Kier alpha value is -4.40. The maximum atomic E-state index is 13.9. The highest BCUT2D eigenvalue weighted by Crippen LogP contribution is 2.20. The Kier molecular flexibility index (Phi) is 14.9. The van der Waals surface area contributed by atoms with Gasteiger partial charge in [-0.1, -0.05) is 70.2 Å². The summed E-state index contributed by atoms with van der Waals surface area (Å²) < 4.78 is 19.1. The molecule has 4 atom stereocenters. The predicted molar refractivity (Wildman–Crippen MR) is 197 cm³/mol. The van der Waals surface area contributed by atoms with E-state index >= 15 is 0 Å². The van der Waals surface area contributed by atoms with E-state index in [1.807, 2.05) is 49.6 Å². The molecule has 11 nitrogen and oxygen atoms in total. The number of nitrogens with one attached hydrogen (secondary N) is 3. The number of aromatic nitrogens is 2. The summed E-state index contributed by atoms with van der Waals surface area (Å²) in [5.41, 5.74) is 4.03. The van der Waals surface area contributed by atoms with Crippen LogP contribution < -0.4 is 16.0 Å². The number of aliphatic hydroxyl groups is 1. The van der Waals surface area contributed by atoms with Gasteiger partial charge in [-0.2, -0.15) is 0 Å². The molecule has 4 amide bonds.